The van der Waals surface area contributed by atoms with Crippen LogP contribution in [0.2, 0.25) is 0 Å². The minimum Gasteiger partial charge on any atom is -0.303 e. The fraction of sp³-hybridized carbons (Fsp3) is 0.667. The van der Waals surface area contributed by atoms with E-state index >= 15 is 0 Å². The highest BCUT2D eigenvalue weighted by molar-refractivity contribution is 5.60. The normalized spacial score (nSPS) is 33.1. The maximum atomic E-state index is 10.5. The molecule has 0 N–H and O–H groups in total. The van der Waals surface area contributed by atoms with Crippen LogP contribution in [0.4, 0.5) is 0 Å². The van der Waals surface area contributed by atoms with Crippen molar-refractivity contribution in [2.75, 3.05) is 0 Å². The van der Waals surface area contributed by atoms with Crippen LogP contribution in [0.5, 0.6) is 0 Å². The van der Waals surface area contributed by atoms with Gasteiger partial charge in [0.2, 0.25) is 0 Å². The molecule has 0 aromatic carbocycles. The zero-order valence-corrected chi connectivity index (χ0v) is 6.85. The van der Waals surface area contributed by atoms with Gasteiger partial charge in [0.15, 0.2) is 0 Å². The predicted octanol–water partition coefficient (Wildman–Crippen LogP) is 2.18. The highest BCUT2D eigenvalue weighted by atomic mass is 16.1. The molecular weight excluding hydrogens is 124 g/mol. The highest BCUT2D eigenvalue weighted by Gasteiger charge is 2.24. The summed E-state index contributed by atoms with van der Waals surface area (Å²) in [7, 11) is 0. The minimum absolute atomic E-state index is 0.218. The molecular formula is C9H14O. The molecule has 56 valence electrons. The van der Waals surface area contributed by atoms with Gasteiger partial charge in [-0.1, -0.05) is 18.1 Å². The smallest absolute Gasteiger partial charge is 0.127 e. The van der Waals surface area contributed by atoms with Crippen molar-refractivity contribution in [3.05, 3.63) is 11.1 Å². The van der Waals surface area contributed by atoms with Gasteiger partial charge >= 0.3 is 0 Å². The molecule has 0 radical (unpaired) electrons. The average molecular weight is 138 g/mol. The summed E-state index contributed by atoms with van der Waals surface area (Å²) < 4.78 is 0. The van der Waals surface area contributed by atoms with Crippen LogP contribution in [0.15, 0.2) is 11.1 Å². The van der Waals surface area contributed by atoms with Crippen LogP contribution in [0.25, 0.3) is 0 Å². The van der Waals surface area contributed by atoms with Gasteiger partial charge in [0.05, 0.1) is 0 Å². The number of hydrogen-bond donors (Lipinski definition) is 0. The summed E-state index contributed by atoms with van der Waals surface area (Å²) in [6.45, 7) is 6.38. The van der Waals surface area contributed by atoms with Crippen LogP contribution in [0, 0.1) is 11.8 Å². The van der Waals surface area contributed by atoms with E-state index in [1.54, 1.807) is 0 Å². The molecule has 0 spiro atoms. The molecule has 0 bridgehead atoms. The molecule has 0 aromatic rings. The predicted molar refractivity (Wildman–Crippen MR) is 41.7 cm³/mol. The lowest BCUT2D eigenvalue weighted by molar-refractivity contribution is -0.110. The molecule has 0 aliphatic heterocycles. The second-order valence-electron chi connectivity index (χ2n) is 3.25. The van der Waals surface area contributed by atoms with Crippen molar-refractivity contribution in [3.63, 3.8) is 0 Å². The Labute approximate surface area is 62.1 Å². The van der Waals surface area contributed by atoms with Crippen molar-refractivity contribution in [1.82, 2.24) is 0 Å². The van der Waals surface area contributed by atoms with Crippen molar-refractivity contribution in [3.8, 4) is 0 Å². The lowest BCUT2D eigenvalue weighted by atomic mass is 10.0. The van der Waals surface area contributed by atoms with Gasteiger partial charge in [-0.15, -0.1) is 0 Å². The van der Waals surface area contributed by atoms with Gasteiger partial charge in [0.25, 0.3) is 0 Å². The summed E-state index contributed by atoms with van der Waals surface area (Å²) in [5, 5.41) is 0. The number of carbonyl (C=O) groups excluding carboxylic acids is 1. The second kappa shape index (κ2) is 2.57. The summed E-state index contributed by atoms with van der Waals surface area (Å²) in [6, 6.07) is 0. The Hall–Kier alpha value is -0.590. The average Bonchev–Trinajstić information content (AvgIpc) is 2.17. The largest absolute Gasteiger partial charge is 0.303 e. The Morgan fingerprint density at radius 3 is 2.20 bits per heavy atom. The monoisotopic (exact) mass is 138 g/mol. The third-order valence-electron chi connectivity index (χ3n) is 2.69. The SMILES string of the molecule is CC1=C(C)C(C=O)CC1C. The third kappa shape index (κ3) is 1.00. The van der Waals surface area contributed by atoms with Gasteiger partial charge in [-0.05, 0) is 26.2 Å². The molecule has 2 atom stereocenters. The van der Waals surface area contributed by atoms with Gasteiger partial charge in [0, 0.05) is 5.92 Å². The maximum Gasteiger partial charge on any atom is 0.127 e. The molecule has 1 nitrogen and oxygen atoms in total. The molecule has 0 heterocycles. The van der Waals surface area contributed by atoms with E-state index in [9.17, 15) is 4.79 Å². The first-order chi connectivity index (χ1) is 4.66. The highest BCUT2D eigenvalue weighted by Crippen LogP contribution is 2.34. The van der Waals surface area contributed by atoms with E-state index < -0.39 is 0 Å². The van der Waals surface area contributed by atoms with Crippen LogP contribution in [0.1, 0.15) is 27.2 Å². The second-order valence-corrected chi connectivity index (χ2v) is 3.25. The van der Waals surface area contributed by atoms with Gasteiger partial charge in [-0.2, -0.15) is 0 Å². The summed E-state index contributed by atoms with van der Waals surface area (Å²) in [6.07, 6.45) is 2.10. The van der Waals surface area contributed by atoms with Gasteiger partial charge in [-0.25, -0.2) is 0 Å². The fourth-order valence-corrected chi connectivity index (χ4v) is 1.57. The summed E-state index contributed by atoms with van der Waals surface area (Å²) in [5.41, 5.74) is 2.71. The topological polar surface area (TPSA) is 17.1 Å². The number of rotatable bonds is 1. The molecule has 1 rings (SSSR count). The lowest BCUT2D eigenvalue weighted by Crippen LogP contribution is -1.98. The first-order valence-electron chi connectivity index (χ1n) is 3.79. The first kappa shape index (κ1) is 7.52. The number of aldehydes is 1. The zero-order chi connectivity index (χ0) is 7.72. The Balaban J connectivity index is 2.82. The Morgan fingerprint density at radius 2 is 2.00 bits per heavy atom. The van der Waals surface area contributed by atoms with E-state index in [1.165, 1.54) is 11.1 Å². The Kier molecular flexibility index (Phi) is 1.93. The van der Waals surface area contributed by atoms with Crippen LogP contribution in [0.3, 0.4) is 0 Å². The summed E-state index contributed by atoms with van der Waals surface area (Å²) in [4.78, 5) is 10.5. The van der Waals surface area contributed by atoms with Crippen LogP contribution < -0.4 is 0 Å². The molecule has 0 amide bonds. The molecule has 2 unspecified atom stereocenters. The molecule has 0 aromatic heterocycles. The third-order valence-corrected chi connectivity index (χ3v) is 2.69. The van der Waals surface area contributed by atoms with Crippen LogP contribution in [-0.2, 0) is 4.79 Å². The standard InChI is InChI=1S/C9H14O/c1-6-4-9(5-10)8(3)7(6)2/h5-6,9H,4H2,1-3H3. The van der Waals surface area contributed by atoms with E-state index in [0.29, 0.717) is 5.92 Å². The van der Waals surface area contributed by atoms with Gasteiger partial charge < -0.3 is 4.79 Å². The summed E-state index contributed by atoms with van der Waals surface area (Å²) in [5.74, 6) is 0.838. The number of hydrogen-bond acceptors (Lipinski definition) is 1. The Bertz CT molecular complexity index is 179. The van der Waals surface area contributed by atoms with Crippen molar-refractivity contribution in [2.24, 2.45) is 11.8 Å². The summed E-state index contributed by atoms with van der Waals surface area (Å²) >= 11 is 0. The van der Waals surface area contributed by atoms with Crippen molar-refractivity contribution in [1.29, 1.82) is 0 Å². The van der Waals surface area contributed by atoms with E-state index in [-0.39, 0.29) is 5.92 Å². The molecule has 0 saturated heterocycles. The van der Waals surface area contributed by atoms with E-state index in [0.717, 1.165) is 12.7 Å². The van der Waals surface area contributed by atoms with Crippen molar-refractivity contribution in [2.45, 2.75) is 27.2 Å². The molecule has 1 heteroatoms. The number of allylic oxidation sites excluding steroid dienone is 2. The van der Waals surface area contributed by atoms with E-state index in [4.69, 9.17) is 0 Å². The molecule has 1 aliphatic carbocycles. The molecule has 0 saturated carbocycles. The quantitative estimate of drug-likeness (QED) is 0.401. The lowest BCUT2D eigenvalue weighted by Gasteiger charge is -2.01. The molecule has 0 fully saturated rings. The fourth-order valence-electron chi connectivity index (χ4n) is 1.57. The van der Waals surface area contributed by atoms with Crippen LogP contribution in [-0.4, -0.2) is 6.29 Å². The zero-order valence-electron chi connectivity index (χ0n) is 6.85. The van der Waals surface area contributed by atoms with Gasteiger partial charge in [-0.3, -0.25) is 0 Å². The molecule has 1 aliphatic rings. The Morgan fingerprint density at radius 1 is 1.40 bits per heavy atom. The van der Waals surface area contributed by atoms with Crippen molar-refractivity contribution < 1.29 is 4.79 Å². The first-order valence-corrected chi connectivity index (χ1v) is 3.79. The number of carbonyl (C=O) groups is 1. The van der Waals surface area contributed by atoms with Gasteiger partial charge in [0.1, 0.15) is 6.29 Å². The van der Waals surface area contributed by atoms with E-state index in [2.05, 4.69) is 20.8 Å². The minimum atomic E-state index is 0.218. The molecule has 10 heavy (non-hydrogen) atoms. The maximum absolute atomic E-state index is 10.5. The van der Waals surface area contributed by atoms with Crippen LogP contribution >= 0.6 is 0 Å². The van der Waals surface area contributed by atoms with Crippen molar-refractivity contribution >= 4 is 6.29 Å². The van der Waals surface area contributed by atoms with E-state index in [1.807, 2.05) is 0 Å².